The van der Waals surface area contributed by atoms with Gasteiger partial charge in [0.1, 0.15) is 0 Å². The fourth-order valence-electron chi connectivity index (χ4n) is 1.45. The summed E-state index contributed by atoms with van der Waals surface area (Å²) < 4.78 is 0. The van der Waals surface area contributed by atoms with E-state index in [1.54, 1.807) is 0 Å². The van der Waals surface area contributed by atoms with Crippen LogP contribution in [0.4, 0.5) is 0 Å². The zero-order valence-corrected chi connectivity index (χ0v) is 7.27. The molecular weight excluding hydrogens is 134 g/mol. The van der Waals surface area contributed by atoms with E-state index in [-0.39, 0.29) is 0 Å². The van der Waals surface area contributed by atoms with Gasteiger partial charge in [-0.2, -0.15) is 0 Å². The molecule has 1 rings (SSSR count). The monoisotopic (exact) mass is 151 g/mol. The second kappa shape index (κ2) is 3.72. The Labute approximate surface area is 69.0 Å². The molecular formula is C10H17N. The van der Waals surface area contributed by atoms with Crippen LogP contribution in [0.3, 0.4) is 0 Å². The number of nitrogens with two attached hydrogens (primary N) is 1. The first-order valence-electron chi connectivity index (χ1n) is 4.30. The van der Waals surface area contributed by atoms with Crippen LogP contribution in [0, 0.1) is 0 Å². The molecule has 1 atom stereocenters. The molecule has 1 nitrogen and oxygen atoms in total. The average Bonchev–Trinajstić information content (AvgIpc) is 2.13. The third kappa shape index (κ3) is 2.51. The normalized spacial score (nSPS) is 25.6. The molecule has 0 saturated heterocycles. The second-order valence-corrected chi connectivity index (χ2v) is 3.39. The highest BCUT2D eigenvalue weighted by atomic mass is 14.6. The Morgan fingerprint density at radius 3 is 3.00 bits per heavy atom. The number of hydrogen-bond acceptors (Lipinski definition) is 1. The fraction of sp³-hybridized carbons (Fsp3) is 0.600. The first-order valence-corrected chi connectivity index (χ1v) is 4.30. The van der Waals surface area contributed by atoms with Gasteiger partial charge in [0.25, 0.3) is 0 Å². The Morgan fingerprint density at radius 1 is 1.64 bits per heavy atom. The molecule has 62 valence electrons. The van der Waals surface area contributed by atoms with Crippen molar-refractivity contribution < 1.29 is 0 Å². The molecule has 2 N–H and O–H groups in total. The SMILES string of the molecule is C=C(C)C1=CCCC(N)CC1. The van der Waals surface area contributed by atoms with Crippen molar-refractivity contribution in [1.82, 2.24) is 0 Å². The van der Waals surface area contributed by atoms with E-state index >= 15 is 0 Å². The highest BCUT2D eigenvalue weighted by Gasteiger charge is 2.08. The van der Waals surface area contributed by atoms with Crippen molar-refractivity contribution in [2.45, 2.75) is 38.6 Å². The zero-order valence-electron chi connectivity index (χ0n) is 7.27. The van der Waals surface area contributed by atoms with E-state index in [0.717, 1.165) is 25.7 Å². The summed E-state index contributed by atoms with van der Waals surface area (Å²) in [4.78, 5) is 0. The molecule has 1 aliphatic carbocycles. The lowest BCUT2D eigenvalue weighted by Gasteiger charge is -2.06. The van der Waals surface area contributed by atoms with E-state index < -0.39 is 0 Å². The van der Waals surface area contributed by atoms with Crippen LogP contribution in [0.15, 0.2) is 23.8 Å². The van der Waals surface area contributed by atoms with Crippen molar-refractivity contribution in [1.29, 1.82) is 0 Å². The summed E-state index contributed by atoms with van der Waals surface area (Å²) in [6.07, 6.45) is 6.80. The summed E-state index contributed by atoms with van der Waals surface area (Å²) in [6, 6.07) is 0.406. The van der Waals surface area contributed by atoms with Crippen LogP contribution >= 0.6 is 0 Å². The lowest BCUT2D eigenvalue weighted by Crippen LogP contribution is -2.18. The molecule has 0 aromatic carbocycles. The Hall–Kier alpha value is -0.560. The molecule has 11 heavy (non-hydrogen) atoms. The Kier molecular flexibility index (Phi) is 2.89. The summed E-state index contributed by atoms with van der Waals surface area (Å²) in [5.74, 6) is 0. The molecule has 0 saturated carbocycles. The Balaban J connectivity index is 2.55. The molecule has 0 spiro atoms. The zero-order chi connectivity index (χ0) is 8.27. The summed E-state index contributed by atoms with van der Waals surface area (Å²) in [5.41, 5.74) is 8.46. The molecule has 1 heteroatoms. The van der Waals surface area contributed by atoms with Crippen LogP contribution in [0.2, 0.25) is 0 Å². The van der Waals surface area contributed by atoms with Gasteiger partial charge in [-0.05, 0) is 38.2 Å². The molecule has 0 amide bonds. The van der Waals surface area contributed by atoms with Gasteiger partial charge < -0.3 is 5.73 Å². The molecule has 0 aromatic rings. The van der Waals surface area contributed by atoms with Crippen LogP contribution in [0.25, 0.3) is 0 Å². The first-order chi connectivity index (χ1) is 5.20. The van der Waals surface area contributed by atoms with E-state index in [0.29, 0.717) is 6.04 Å². The van der Waals surface area contributed by atoms with Crippen molar-refractivity contribution >= 4 is 0 Å². The predicted octanol–water partition coefficient (Wildman–Crippen LogP) is 2.39. The molecule has 1 aliphatic rings. The largest absolute Gasteiger partial charge is 0.328 e. The standard InChI is InChI=1S/C10H17N/c1-8(2)9-4-3-5-10(11)7-6-9/h4,10H,1,3,5-7,11H2,2H3. The average molecular weight is 151 g/mol. The smallest absolute Gasteiger partial charge is 0.00449 e. The minimum Gasteiger partial charge on any atom is -0.328 e. The van der Waals surface area contributed by atoms with Gasteiger partial charge in [0.05, 0.1) is 0 Å². The van der Waals surface area contributed by atoms with Gasteiger partial charge in [-0.3, -0.25) is 0 Å². The minimum absolute atomic E-state index is 0.406. The number of hydrogen-bond donors (Lipinski definition) is 1. The predicted molar refractivity (Wildman–Crippen MR) is 49.3 cm³/mol. The topological polar surface area (TPSA) is 26.0 Å². The van der Waals surface area contributed by atoms with Gasteiger partial charge in [-0.15, -0.1) is 0 Å². The quantitative estimate of drug-likeness (QED) is 0.612. The minimum atomic E-state index is 0.406. The van der Waals surface area contributed by atoms with E-state index in [9.17, 15) is 0 Å². The van der Waals surface area contributed by atoms with Gasteiger partial charge in [0.15, 0.2) is 0 Å². The summed E-state index contributed by atoms with van der Waals surface area (Å²) in [5, 5.41) is 0. The lowest BCUT2D eigenvalue weighted by atomic mass is 10.0. The van der Waals surface area contributed by atoms with Crippen LogP contribution in [-0.4, -0.2) is 6.04 Å². The number of allylic oxidation sites excluding steroid dienone is 3. The molecule has 0 heterocycles. The highest BCUT2D eigenvalue weighted by Crippen LogP contribution is 2.21. The third-order valence-corrected chi connectivity index (χ3v) is 2.26. The van der Waals surface area contributed by atoms with Crippen molar-refractivity contribution in [2.75, 3.05) is 0 Å². The van der Waals surface area contributed by atoms with E-state index in [1.807, 2.05) is 0 Å². The fourth-order valence-corrected chi connectivity index (χ4v) is 1.45. The Bertz CT molecular complexity index is 179. The molecule has 0 aliphatic heterocycles. The van der Waals surface area contributed by atoms with Crippen LogP contribution in [0.1, 0.15) is 32.6 Å². The Morgan fingerprint density at radius 2 is 2.36 bits per heavy atom. The second-order valence-electron chi connectivity index (χ2n) is 3.39. The van der Waals surface area contributed by atoms with Crippen LogP contribution in [0.5, 0.6) is 0 Å². The molecule has 0 radical (unpaired) electrons. The maximum atomic E-state index is 5.83. The van der Waals surface area contributed by atoms with Crippen LogP contribution in [-0.2, 0) is 0 Å². The maximum absolute atomic E-state index is 5.83. The van der Waals surface area contributed by atoms with Crippen molar-refractivity contribution in [3.63, 3.8) is 0 Å². The van der Waals surface area contributed by atoms with E-state index in [1.165, 1.54) is 11.1 Å². The van der Waals surface area contributed by atoms with Crippen molar-refractivity contribution in [2.24, 2.45) is 5.73 Å². The van der Waals surface area contributed by atoms with Gasteiger partial charge in [0.2, 0.25) is 0 Å². The lowest BCUT2D eigenvalue weighted by molar-refractivity contribution is 0.590. The van der Waals surface area contributed by atoms with Gasteiger partial charge in [-0.25, -0.2) is 0 Å². The maximum Gasteiger partial charge on any atom is 0.00449 e. The molecule has 0 bridgehead atoms. The van der Waals surface area contributed by atoms with E-state index in [4.69, 9.17) is 5.73 Å². The molecule has 0 fully saturated rings. The van der Waals surface area contributed by atoms with Crippen molar-refractivity contribution in [3.8, 4) is 0 Å². The first kappa shape index (κ1) is 8.54. The highest BCUT2D eigenvalue weighted by molar-refractivity contribution is 5.26. The van der Waals surface area contributed by atoms with Gasteiger partial charge >= 0.3 is 0 Å². The third-order valence-electron chi connectivity index (χ3n) is 2.26. The van der Waals surface area contributed by atoms with Crippen LogP contribution < -0.4 is 5.73 Å². The van der Waals surface area contributed by atoms with Gasteiger partial charge in [0, 0.05) is 6.04 Å². The number of rotatable bonds is 1. The summed E-state index contributed by atoms with van der Waals surface area (Å²) in [6.45, 7) is 6.01. The summed E-state index contributed by atoms with van der Waals surface area (Å²) >= 11 is 0. The molecule has 1 unspecified atom stereocenters. The van der Waals surface area contributed by atoms with Gasteiger partial charge in [-0.1, -0.05) is 18.2 Å². The molecule has 0 aromatic heterocycles. The van der Waals surface area contributed by atoms with E-state index in [2.05, 4.69) is 19.6 Å². The summed E-state index contributed by atoms with van der Waals surface area (Å²) in [7, 11) is 0. The van der Waals surface area contributed by atoms with Crippen molar-refractivity contribution in [3.05, 3.63) is 23.8 Å².